The smallest absolute Gasteiger partial charge is 0.325 e. The lowest BCUT2D eigenvalue weighted by Gasteiger charge is -2.26. The van der Waals surface area contributed by atoms with E-state index in [0.717, 1.165) is 6.42 Å². The molecule has 84 valence electrons. The number of nitrogens with zero attached hydrogens (tertiary/aromatic N) is 2. The summed E-state index contributed by atoms with van der Waals surface area (Å²) in [6.45, 7) is 3.02. The van der Waals surface area contributed by atoms with Crippen molar-refractivity contribution in [3.05, 3.63) is 0 Å². The third-order valence-corrected chi connectivity index (χ3v) is 3.07. The van der Waals surface area contributed by atoms with Crippen molar-refractivity contribution < 1.29 is 9.90 Å². The molecule has 5 heteroatoms. The standard InChI is InChI=1S/C10H17N3O2/c1-2-8(3-5-11)13-6-4-10(12,7-13)9(14)15/h8H,2-4,6-7,12H2,1H3,(H,14,15). The average molecular weight is 211 g/mol. The van der Waals surface area contributed by atoms with Gasteiger partial charge in [-0.3, -0.25) is 9.69 Å². The minimum atomic E-state index is -1.12. The summed E-state index contributed by atoms with van der Waals surface area (Å²) in [5, 5.41) is 17.6. The van der Waals surface area contributed by atoms with Crippen molar-refractivity contribution in [2.75, 3.05) is 13.1 Å². The van der Waals surface area contributed by atoms with Crippen LogP contribution in [0.5, 0.6) is 0 Å². The van der Waals surface area contributed by atoms with Crippen molar-refractivity contribution in [3.8, 4) is 6.07 Å². The Kier molecular flexibility index (Phi) is 3.66. The average Bonchev–Trinajstić information content (AvgIpc) is 2.59. The van der Waals surface area contributed by atoms with Crippen molar-refractivity contribution in [2.45, 2.75) is 37.8 Å². The van der Waals surface area contributed by atoms with Crippen LogP contribution in [0.2, 0.25) is 0 Å². The first kappa shape index (κ1) is 12.0. The number of likely N-dealkylation sites (tertiary alicyclic amines) is 1. The number of carbonyl (C=O) groups is 1. The van der Waals surface area contributed by atoms with Gasteiger partial charge in [0.25, 0.3) is 0 Å². The Morgan fingerprint density at radius 1 is 1.80 bits per heavy atom. The summed E-state index contributed by atoms with van der Waals surface area (Å²) < 4.78 is 0. The molecule has 1 rings (SSSR count). The first-order valence-corrected chi connectivity index (χ1v) is 5.16. The summed E-state index contributed by atoms with van der Waals surface area (Å²) in [5.74, 6) is -0.947. The fourth-order valence-electron chi connectivity index (χ4n) is 1.99. The maximum absolute atomic E-state index is 10.9. The normalized spacial score (nSPS) is 28.6. The Bertz CT molecular complexity index is 287. The first-order chi connectivity index (χ1) is 7.03. The lowest BCUT2D eigenvalue weighted by Crippen LogP contribution is -2.51. The molecule has 5 nitrogen and oxygen atoms in total. The summed E-state index contributed by atoms with van der Waals surface area (Å²) in [7, 11) is 0. The van der Waals surface area contributed by atoms with E-state index in [1.165, 1.54) is 0 Å². The van der Waals surface area contributed by atoms with Gasteiger partial charge in [-0.2, -0.15) is 5.26 Å². The third kappa shape index (κ3) is 2.46. The van der Waals surface area contributed by atoms with Gasteiger partial charge in [0.2, 0.25) is 0 Å². The van der Waals surface area contributed by atoms with Crippen LogP contribution in [0.25, 0.3) is 0 Å². The molecule has 1 saturated heterocycles. The molecule has 0 saturated carbocycles. The highest BCUT2D eigenvalue weighted by Gasteiger charge is 2.42. The van der Waals surface area contributed by atoms with E-state index in [2.05, 4.69) is 6.07 Å². The lowest BCUT2D eigenvalue weighted by atomic mass is 10.0. The van der Waals surface area contributed by atoms with E-state index in [4.69, 9.17) is 16.1 Å². The Morgan fingerprint density at radius 3 is 2.87 bits per heavy atom. The minimum Gasteiger partial charge on any atom is -0.480 e. The molecule has 1 heterocycles. The molecule has 0 spiro atoms. The fraction of sp³-hybridized carbons (Fsp3) is 0.800. The highest BCUT2D eigenvalue weighted by Crippen LogP contribution is 2.23. The number of nitriles is 1. The zero-order valence-electron chi connectivity index (χ0n) is 8.94. The van der Waals surface area contributed by atoms with Crippen LogP contribution in [0.15, 0.2) is 0 Å². The van der Waals surface area contributed by atoms with E-state index in [-0.39, 0.29) is 6.04 Å². The molecule has 1 aliphatic rings. The van der Waals surface area contributed by atoms with Crippen molar-refractivity contribution in [1.82, 2.24) is 4.90 Å². The number of hydrogen-bond acceptors (Lipinski definition) is 4. The number of aliphatic carboxylic acids is 1. The maximum atomic E-state index is 10.9. The topological polar surface area (TPSA) is 90.4 Å². The predicted molar refractivity (Wildman–Crippen MR) is 55.1 cm³/mol. The molecule has 0 aromatic rings. The molecule has 0 bridgehead atoms. The molecule has 15 heavy (non-hydrogen) atoms. The Balaban J connectivity index is 2.62. The van der Waals surface area contributed by atoms with Gasteiger partial charge in [-0.05, 0) is 12.8 Å². The summed E-state index contributed by atoms with van der Waals surface area (Å²) in [4.78, 5) is 12.9. The zero-order chi connectivity index (χ0) is 11.5. The molecule has 1 aliphatic heterocycles. The van der Waals surface area contributed by atoms with Gasteiger partial charge in [0, 0.05) is 19.1 Å². The van der Waals surface area contributed by atoms with Crippen molar-refractivity contribution in [3.63, 3.8) is 0 Å². The van der Waals surface area contributed by atoms with Gasteiger partial charge < -0.3 is 10.8 Å². The van der Waals surface area contributed by atoms with E-state index in [9.17, 15) is 4.79 Å². The van der Waals surface area contributed by atoms with Gasteiger partial charge >= 0.3 is 5.97 Å². The Morgan fingerprint density at radius 2 is 2.47 bits per heavy atom. The largest absolute Gasteiger partial charge is 0.480 e. The second-order valence-corrected chi connectivity index (χ2v) is 4.11. The van der Waals surface area contributed by atoms with Crippen LogP contribution in [0.1, 0.15) is 26.2 Å². The molecule has 2 atom stereocenters. The first-order valence-electron chi connectivity index (χ1n) is 5.16. The molecule has 0 amide bonds. The van der Waals surface area contributed by atoms with Gasteiger partial charge in [0.05, 0.1) is 12.5 Å². The zero-order valence-corrected chi connectivity index (χ0v) is 8.94. The maximum Gasteiger partial charge on any atom is 0.325 e. The molecule has 0 aliphatic carbocycles. The van der Waals surface area contributed by atoms with Gasteiger partial charge in [-0.25, -0.2) is 0 Å². The van der Waals surface area contributed by atoms with Crippen LogP contribution >= 0.6 is 0 Å². The molecule has 0 aromatic heterocycles. The number of carboxylic acids is 1. The third-order valence-electron chi connectivity index (χ3n) is 3.07. The molecule has 1 fully saturated rings. The monoisotopic (exact) mass is 211 g/mol. The fourth-order valence-corrected chi connectivity index (χ4v) is 1.99. The number of carboxylic acid groups (broad SMARTS) is 1. The van der Waals surface area contributed by atoms with E-state index in [1.807, 2.05) is 11.8 Å². The second kappa shape index (κ2) is 4.60. The molecule has 2 unspecified atom stereocenters. The van der Waals surface area contributed by atoms with Crippen LogP contribution in [-0.2, 0) is 4.79 Å². The molecule has 3 N–H and O–H groups in total. The van der Waals surface area contributed by atoms with Crippen LogP contribution < -0.4 is 5.73 Å². The molecule has 0 aromatic carbocycles. The number of hydrogen-bond donors (Lipinski definition) is 2. The number of rotatable bonds is 4. The van der Waals surface area contributed by atoms with Crippen LogP contribution in [0.4, 0.5) is 0 Å². The van der Waals surface area contributed by atoms with Gasteiger partial charge in [0.1, 0.15) is 5.54 Å². The SMILES string of the molecule is CCC(CC#N)N1CCC(N)(C(=O)O)C1. The van der Waals surface area contributed by atoms with Crippen molar-refractivity contribution in [1.29, 1.82) is 5.26 Å². The summed E-state index contributed by atoms with van der Waals surface area (Å²) >= 11 is 0. The number of nitrogens with two attached hydrogens (primary N) is 1. The predicted octanol–water partition coefficient (Wildman–Crippen LogP) is 0.166. The highest BCUT2D eigenvalue weighted by molar-refractivity contribution is 5.79. The van der Waals surface area contributed by atoms with Gasteiger partial charge in [-0.15, -0.1) is 0 Å². The molecule has 0 radical (unpaired) electrons. The summed E-state index contributed by atoms with van der Waals surface area (Å²) in [6, 6.07) is 2.26. The van der Waals surface area contributed by atoms with Crippen LogP contribution in [0, 0.1) is 11.3 Å². The van der Waals surface area contributed by atoms with E-state index >= 15 is 0 Å². The van der Waals surface area contributed by atoms with E-state index < -0.39 is 11.5 Å². The summed E-state index contributed by atoms with van der Waals surface area (Å²) in [6.07, 6.45) is 1.75. The Labute approximate surface area is 89.5 Å². The van der Waals surface area contributed by atoms with Crippen molar-refractivity contribution in [2.24, 2.45) is 5.73 Å². The second-order valence-electron chi connectivity index (χ2n) is 4.11. The van der Waals surface area contributed by atoms with Gasteiger partial charge in [0.15, 0.2) is 0 Å². The van der Waals surface area contributed by atoms with Gasteiger partial charge in [-0.1, -0.05) is 6.92 Å². The van der Waals surface area contributed by atoms with E-state index in [0.29, 0.717) is 25.9 Å². The quantitative estimate of drug-likeness (QED) is 0.691. The van der Waals surface area contributed by atoms with Crippen molar-refractivity contribution >= 4 is 5.97 Å². The van der Waals surface area contributed by atoms with Crippen LogP contribution in [0.3, 0.4) is 0 Å². The minimum absolute atomic E-state index is 0.139. The lowest BCUT2D eigenvalue weighted by molar-refractivity contribution is -0.142. The molecular formula is C10H17N3O2. The highest BCUT2D eigenvalue weighted by atomic mass is 16.4. The Hall–Kier alpha value is -1.12. The molecular weight excluding hydrogens is 194 g/mol. The summed E-state index contributed by atoms with van der Waals surface area (Å²) in [5.41, 5.74) is 4.63. The van der Waals surface area contributed by atoms with Crippen LogP contribution in [-0.4, -0.2) is 40.6 Å². The van der Waals surface area contributed by atoms with E-state index in [1.54, 1.807) is 0 Å².